The lowest BCUT2D eigenvalue weighted by atomic mass is 10.1. The third kappa shape index (κ3) is 29.1. The van der Waals surface area contributed by atoms with Crippen LogP contribution < -0.4 is 0 Å². The summed E-state index contributed by atoms with van der Waals surface area (Å²) in [7, 11) is 6.55. The summed E-state index contributed by atoms with van der Waals surface area (Å²) in [6.45, 7) is 5.57. The van der Waals surface area contributed by atoms with Crippen LogP contribution in [0.25, 0.3) is 0 Å². The van der Waals surface area contributed by atoms with E-state index in [9.17, 15) is 4.79 Å². The first kappa shape index (κ1) is 32.1. The van der Waals surface area contributed by atoms with Crippen LogP contribution >= 0.6 is 0 Å². The first-order valence-electron chi connectivity index (χ1n) is 14.1. The van der Waals surface area contributed by atoms with Crippen molar-refractivity contribution in [1.29, 1.82) is 0 Å². The minimum absolute atomic E-state index is 0.0173. The number of carbonyl (C=O) groups is 1. The molecule has 0 saturated heterocycles. The van der Waals surface area contributed by atoms with Crippen molar-refractivity contribution in [1.82, 2.24) is 0 Å². The second kappa shape index (κ2) is 24.3. The van der Waals surface area contributed by atoms with Crippen molar-refractivity contribution in [2.75, 3.05) is 47.5 Å². The van der Waals surface area contributed by atoms with Crippen LogP contribution in [0.15, 0.2) is 12.2 Å². The SMILES string of the molecule is CCCCCCCC/C=C\CCCCCCCC(=O)OCCCCCCOCC[N+](C)(C)C. The molecule has 0 rings (SSSR count). The van der Waals surface area contributed by atoms with Gasteiger partial charge in [-0.2, -0.15) is 0 Å². The fourth-order valence-corrected chi connectivity index (χ4v) is 3.70. The molecule has 0 aliphatic carbocycles. The summed E-state index contributed by atoms with van der Waals surface area (Å²) in [5.74, 6) is -0.0173. The highest BCUT2D eigenvalue weighted by Gasteiger charge is 2.05. The highest BCUT2D eigenvalue weighted by atomic mass is 16.5. The Kier molecular flexibility index (Phi) is 23.6. The van der Waals surface area contributed by atoms with Gasteiger partial charge in [-0.1, -0.05) is 76.9 Å². The topological polar surface area (TPSA) is 35.5 Å². The van der Waals surface area contributed by atoms with Crippen molar-refractivity contribution in [2.45, 2.75) is 122 Å². The molecule has 0 atom stereocenters. The molecule has 0 aliphatic heterocycles. The Morgan fingerprint density at radius 3 is 1.76 bits per heavy atom. The van der Waals surface area contributed by atoms with Gasteiger partial charge in [-0.05, 0) is 51.4 Å². The number of ether oxygens (including phenoxy) is 2. The number of likely N-dealkylation sites (N-methyl/N-ethyl adjacent to an activating group) is 1. The maximum atomic E-state index is 11.8. The van der Waals surface area contributed by atoms with Crippen LogP contribution in [0.4, 0.5) is 0 Å². The van der Waals surface area contributed by atoms with Gasteiger partial charge in [0.1, 0.15) is 6.54 Å². The van der Waals surface area contributed by atoms with Gasteiger partial charge in [-0.3, -0.25) is 4.79 Å². The summed E-state index contributed by atoms with van der Waals surface area (Å²) >= 11 is 0. The summed E-state index contributed by atoms with van der Waals surface area (Å²) in [5.41, 5.74) is 0. The van der Waals surface area contributed by atoms with Crippen molar-refractivity contribution in [3.63, 3.8) is 0 Å². The lowest BCUT2D eigenvalue weighted by Crippen LogP contribution is -2.37. The Morgan fingerprint density at radius 1 is 0.636 bits per heavy atom. The molecule has 0 saturated carbocycles. The van der Waals surface area contributed by atoms with Crippen LogP contribution in [0.5, 0.6) is 0 Å². The van der Waals surface area contributed by atoms with Gasteiger partial charge < -0.3 is 14.0 Å². The lowest BCUT2D eigenvalue weighted by Gasteiger charge is -2.23. The molecule has 0 heterocycles. The maximum absolute atomic E-state index is 11.8. The first-order valence-corrected chi connectivity index (χ1v) is 14.1. The standard InChI is InChI=1S/C29H58NO3/c1-5-6-7-8-9-10-11-12-13-14-15-16-17-18-21-24-29(31)33-27-23-20-19-22-26-32-28-25-30(2,3)4/h12-13H,5-11,14-28H2,1-4H3/q+1/b13-12-. The van der Waals surface area contributed by atoms with E-state index in [0.717, 1.165) is 62.8 Å². The Labute approximate surface area is 207 Å². The number of rotatable bonds is 25. The molecule has 0 N–H and O–H groups in total. The van der Waals surface area contributed by atoms with E-state index in [2.05, 4.69) is 40.2 Å². The second-order valence-electron chi connectivity index (χ2n) is 10.6. The van der Waals surface area contributed by atoms with E-state index in [1.165, 1.54) is 70.6 Å². The fourth-order valence-electron chi connectivity index (χ4n) is 3.70. The Balaban J connectivity index is 3.24. The molecule has 0 aromatic rings. The molecule has 0 bridgehead atoms. The molecular formula is C29H58NO3+. The number of quaternary nitrogens is 1. The molecular weight excluding hydrogens is 410 g/mol. The summed E-state index contributed by atoms with van der Waals surface area (Å²) in [4.78, 5) is 11.8. The molecule has 0 unspecified atom stereocenters. The zero-order valence-corrected chi connectivity index (χ0v) is 22.9. The minimum atomic E-state index is -0.0173. The Morgan fingerprint density at radius 2 is 1.15 bits per heavy atom. The predicted octanol–water partition coefficient (Wildman–Crippen LogP) is 7.85. The van der Waals surface area contributed by atoms with E-state index < -0.39 is 0 Å². The molecule has 0 aromatic heterocycles. The van der Waals surface area contributed by atoms with Gasteiger partial charge in [0, 0.05) is 13.0 Å². The first-order chi connectivity index (χ1) is 16.0. The lowest BCUT2D eigenvalue weighted by molar-refractivity contribution is -0.870. The van der Waals surface area contributed by atoms with E-state index in [1.807, 2.05) is 0 Å². The average molecular weight is 469 g/mol. The van der Waals surface area contributed by atoms with Crippen molar-refractivity contribution in [2.24, 2.45) is 0 Å². The average Bonchev–Trinajstić information content (AvgIpc) is 2.77. The van der Waals surface area contributed by atoms with Crippen LogP contribution in [0.1, 0.15) is 122 Å². The van der Waals surface area contributed by atoms with Crippen LogP contribution in [0.3, 0.4) is 0 Å². The zero-order valence-electron chi connectivity index (χ0n) is 22.9. The van der Waals surface area contributed by atoms with Crippen molar-refractivity contribution in [3.8, 4) is 0 Å². The second-order valence-corrected chi connectivity index (χ2v) is 10.6. The van der Waals surface area contributed by atoms with Crippen molar-refractivity contribution >= 4 is 5.97 Å². The van der Waals surface area contributed by atoms with Crippen LogP contribution in [-0.4, -0.2) is 58.0 Å². The quantitative estimate of drug-likeness (QED) is 0.0592. The molecule has 0 amide bonds. The fraction of sp³-hybridized carbons (Fsp3) is 0.897. The van der Waals surface area contributed by atoms with Gasteiger partial charge in [-0.25, -0.2) is 0 Å². The van der Waals surface area contributed by atoms with Gasteiger partial charge in [0.05, 0.1) is 34.4 Å². The predicted molar refractivity (Wildman–Crippen MR) is 143 cm³/mol. The van der Waals surface area contributed by atoms with Crippen molar-refractivity contribution in [3.05, 3.63) is 12.2 Å². The van der Waals surface area contributed by atoms with Gasteiger partial charge in [0.15, 0.2) is 0 Å². The van der Waals surface area contributed by atoms with Gasteiger partial charge >= 0.3 is 5.97 Å². The number of unbranched alkanes of at least 4 members (excludes halogenated alkanes) is 14. The highest BCUT2D eigenvalue weighted by Crippen LogP contribution is 2.10. The van der Waals surface area contributed by atoms with Gasteiger partial charge in [-0.15, -0.1) is 0 Å². The molecule has 196 valence electrons. The molecule has 0 aliphatic rings. The third-order valence-electron chi connectivity index (χ3n) is 6.00. The zero-order chi connectivity index (χ0) is 24.5. The molecule has 33 heavy (non-hydrogen) atoms. The van der Waals surface area contributed by atoms with Gasteiger partial charge in [0.25, 0.3) is 0 Å². The number of carbonyl (C=O) groups excluding carboxylic acids is 1. The number of nitrogens with zero attached hydrogens (tertiary/aromatic N) is 1. The van der Waals surface area contributed by atoms with Crippen LogP contribution in [-0.2, 0) is 14.3 Å². The Hall–Kier alpha value is -0.870. The molecule has 4 heteroatoms. The van der Waals surface area contributed by atoms with E-state index in [4.69, 9.17) is 9.47 Å². The summed E-state index contributed by atoms with van der Waals surface area (Å²) in [5, 5.41) is 0. The van der Waals surface area contributed by atoms with Gasteiger partial charge in [0.2, 0.25) is 0 Å². The molecule has 0 spiro atoms. The minimum Gasteiger partial charge on any atom is -0.466 e. The number of esters is 1. The normalized spacial score (nSPS) is 12.0. The summed E-state index contributed by atoms with van der Waals surface area (Å²) in [6, 6.07) is 0. The maximum Gasteiger partial charge on any atom is 0.305 e. The van der Waals surface area contributed by atoms with E-state index >= 15 is 0 Å². The smallest absolute Gasteiger partial charge is 0.305 e. The Bertz CT molecular complexity index is 443. The highest BCUT2D eigenvalue weighted by molar-refractivity contribution is 5.69. The largest absolute Gasteiger partial charge is 0.466 e. The molecule has 0 aromatic carbocycles. The molecule has 4 nitrogen and oxygen atoms in total. The summed E-state index contributed by atoms with van der Waals surface area (Å²) < 4.78 is 12.0. The van der Waals surface area contributed by atoms with Crippen LogP contribution in [0, 0.1) is 0 Å². The number of allylic oxidation sites excluding steroid dienone is 2. The molecule has 0 radical (unpaired) electrons. The number of hydrogen-bond acceptors (Lipinski definition) is 3. The monoisotopic (exact) mass is 468 g/mol. The van der Waals surface area contributed by atoms with E-state index in [0.29, 0.717) is 13.0 Å². The van der Waals surface area contributed by atoms with E-state index in [-0.39, 0.29) is 5.97 Å². The van der Waals surface area contributed by atoms with Crippen LogP contribution in [0.2, 0.25) is 0 Å². The van der Waals surface area contributed by atoms with Crippen molar-refractivity contribution < 1.29 is 18.8 Å². The molecule has 0 fully saturated rings. The van der Waals surface area contributed by atoms with E-state index in [1.54, 1.807) is 0 Å². The summed E-state index contributed by atoms with van der Waals surface area (Å²) in [6.07, 6.45) is 26.3. The third-order valence-corrected chi connectivity index (χ3v) is 6.00. The number of hydrogen-bond donors (Lipinski definition) is 0.